The summed E-state index contributed by atoms with van der Waals surface area (Å²) in [6.45, 7) is 6.86. The molecule has 4 rings (SSSR count). The Morgan fingerprint density at radius 3 is 1.96 bits per heavy atom. The van der Waals surface area contributed by atoms with Gasteiger partial charge < -0.3 is 14.7 Å². The molecule has 0 atom stereocenters. The highest BCUT2D eigenvalue weighted by molar-refractivity contribution is 6.08. The zero-order valence-corrected chi connectivity index (χ0v) is 16.5. The van der Waals surface area contributed by atoms with Crippen LogP contribution >= 0.6 is 0 Å². The van der Waals surface area contributed by atoms with Gasteiger partial charge in [0.05, 0.1) is 0 Å². The van der Waals surface area contributed by atoms with Gasteiger partial charge in [0.25, 0.3) is 0 Å². The topological polar surface area (TPSA) is 43.9 Å². The van der Waals surface area contributed by atoms with E-state index >= 15 is 0 Å². The number of hydrogen-bond acceptors (Lipinski definition) is 3. The van der Waals surface area contributed by atoms with E-state index in [0.717, 1.165) is 51.9 Å². The summed E-state index contributed by atoms with van der Waals surface area (Å²) >= 11 is 0. The molecular formula is C22H31N3O2. The highest BCUT2D eigenvalue weighted by Crippen LogP contribution is 2.49. The lowest BCUT2D eigenvalue weighted by Crippen LogP contribution is -2.53. The molecule has 146 valence electrons. The Kier molecular flexibility index (Phi) is 5.11. The standard InChI is InChI=1S/C22H31N3O2/c1-18-7-6-8-19(17-18)23-13-15-25(16-14-23)21(27)22(9-10-22)20(26)24-11-4-2-3-5-12-24/h6-8,17H,2-5,9-16H2,1H3. The Labute approximate surface area is 162 Å². The lowest BCUT2D eigenvalue weighted by Gasteiger charge is -2.38. The number of nitrogens with zero attached hydrogens (tertiary/aromatic N) is 3. The second kappa shape index (κ2) is 7.53. The molecule has 5 heteroatoms. The maximum absolute atomic E-state index is 13.2. The molecule has 2 saturated heterocycles. The molecule has 3 aliphatic rings. The van der Waals surface area contributed by atoms with Crippen LogP contribution in [0.1, 0.15) is 44.1 Å². The van der Waals surface area contributed by atoms with E-state index in [1.54, 1.807) is 0 Å². The summed E-state index contributed by atoms with van der Waals surface area (Å²) in [5.41, 5.74) is 1.76. The summed E-state index contributed by atoms with van der Waals surface area (Å²) in [4.78, 5) is 32.6. The number of carbonyl (C=O) groups is 2. The molecule has 2 amide bonds. The van der Waals surface area contributed by atoms with Crippen molar-refractivity contribution in [3.63, 3.8) is 0 Å². The average molecular weight is 370 g/mol. The van der Waals surface area contributed by atoms with Gasteiger partial charge in [0.1, 0.15) is 5.41 Å². The monoisotopic (exact) mass is 369 g/mol. The van der Waals surface area contributed by atoms with Gasteiger partial charge in [-0.1, -0.05) is 25.0 Å². The molecule has 0 bridgehead atoms. The molecule has 27 heavy (non-hydrogen) atoms. The summed E-state index contributed by atoms with van der Waals surface area (Å²) in [6.07, 6.45) is 6.02. The van der Waals surface area contributed by atoms with E-state index in [1.165, 1.54) is 24.1 Å². The minimum Gasteiger partial charge on any atom is -0.368 e. The maximum Gasteiger partial charge on any atom is 0.238 e. The van der Waals surface area contributed by atoms with Crippen LogP contribution in [0.5, 0.6) is 0 Å². The molecule has 1 aromatic rings. The Morgan fingerprint density at radius 2 is 1.41 bits per heavy atom. The minimum atomic E-state index is -0.726. The molecule has 2 aliphatic heterocycles. The number of piperazine rings is 1. The van der Waals surface area contributed by atoms with Crippen LogP contribution in [0.3, 0.4) is 0 Å². The van der Waals surface area contributed by atoms with Crippen LogP contribution in [-0.4, -0.2) is 60.9 Å². The van der Waals surface area contributed by atoms with Crippen LogP contribution in [0, 0.1) is 12.3 Å². The third-order valence-corrected chi connectivity index (χ3v) is 6.40. The largest absolute Gasteiger partial charge is 0.368 e. The quantitative estimate of drug-likeness (QED) is 0.770. The number of hydrogen-bond donors (Lipinski definition) is 0. The van der Waals surface area contributed by atoms with Gasteiger partial charge in [-0.3, -0.25) is 9.59 Å². The van der Waals surface area contributed by atoms with Crippen LogP contribution in [0.15, 0.2) is 24.3 Å². The summed E-state index contributed by atoms with van der Waals surface area (Å²) in [6, 6.07) is 8.52. The molecule has 2 heterocycles. The highest BCUT2D eigenvalue weighted by atomic mass is 16.2. The van der Waals surface area contributed by atoms with Gasteiger partial charge in [0.2, 0.25) is 11.8 Å². The fourth-order valence-electron chi connectivity index (χ4n) is 4.52. The van der Waals surface area contributed by atoms with Gasteiger partial charge in [0, 0.05) is 45.0 Å². The van der Waals surface area contributed by atoms with Crippen LogP contribution in [-0.2, 0) is 9.59 Å². The average Bonchev–Trinajstić information content (AvgIpc) is 3.52. The van der Waals surface area contributed by atoms with Gasteiger partial charge in [-0.2, -0.15) is 0 Å². The zero-order chi connectivity index (χ0) is 18.9. The summed E-state index contributed by atoms with van der Waals surface area (Å²) in [7, 11) is 0. The molecule has 3 fully saturated rings. The molecule has 0 aromatic heterocycles. The van der Waals surface area contributed by atoms with Crippen LogP contribution in [0.2, 0.25) is 0 Å². The molecule has 0 spiro atoms. The first-order chi connectivity index (χ1) is 13.1. The number of rotatable bonds is 3. The summed E-state index contributed by atoms with van der Waals surface area (Å²) < 4.78 is 0. The van der Waals surface area contributed by atoms with E-state index in [9.17, 15) is 9.59 Å². The number of amides is 2. The minimum absolute atomic E-state index is 0.0839. The van der Waals surface area contributed by atoms with E-state index in [-0.39, 0.29) is 11.8 Å². The van der Waals surface area contributed by atoms with Crippen molar-refractivity contribution in [1.29, 1.82) is 0 Å². The molecule has 5 nitrogen and oxygen atoms in total. The smallest absolute Gasteiger partial charge is 0.238 e. The van der Waals surface area contributed by atoms with E-state index in [0.29, 0.717) is 13.1 Å². The van der Waals surface area contributed by atoms with Gasteiger partial charge in [-0.25, -0.2) is 0 Å². The number of benzene rings is 1. The second-order valence-corrected chi connectivity index (χ2v) is 8.41. The number of anilines is 1. The van der Waals surface area contributed by atoms with Gasteiger partial charge >= 0.3 is 0 Å². The first-order valence-corrected chi connectivity index (χ1v) is 10.5. The van der Waals surface area contributed by atoms with Crippen molar-refractivity contribution in [3.05, 3.63) is 29.8 Å². The third kappa shape index (κ3) is 3.69. The summed E-state index contributed by atoms with van der Waals surface area (Å²) in [5.74, 6) is 0.191. The lowest BCUT2D eigenvalue weighted by atomic mass is 10.0. The van der Waals surface area contributed by atoms with Crippen LogP contribution < -0.4 is 4.90 Å². The van der Waals surface area contributed by atoms with E-state index in [4.69, 9.17) is 0 Å². The SMILES string of the molecule is Cc1cccc(N2CCN(C(=O)C3(C(=O)N4CCCCCC4)CC3)CC2)c1. The second-order valence-electron chi connectivity index (χ2n) is 8.41. The molecule has 0 radical (unpaired) electrons. The van der Waals surface area contributed by atoms with E-state index in [1.807, 2.05) is 9.80 Å². The molecule has 1 saturated carbocycles. The predicted octanol–water partition coefficient (Wildman–Crippen LogP) is 2.83. The Bertz CT molecular complexity index is 697. The number of likely N-dealkylation sites (tertiary alicyclic amines) is 1. The third-order valence-electron chi connectivity index (χ3n) is 6.40. The zero-order valence-electron chi connectivity index (χ0n) is 16.5. The maximum atomic E-state index is 13.2. The van der Waals surface area contributed by atoms with E-state index in [2.05, 4.69) is 36.1 Å². The predicted molar refractivity (Wildman–Crippen MR) is 107 cm³/mol. The first kappa shape index (κ1) is 18.3. The fourth-order valence-corrected chi connectivity index (χ4v) is 4.52. The van der Waals surface area contributed by atoms with Gasteiger partial charge in [-0.05, 0) is 50.3 Å². The van der Waals surface area contributed by atoms with Crippen molar-refractivity contribution < 1.29 is 9.59 Å². The van der Waals surface area contributed by atoms with Gasteiger partial charge in [0.15, 0.2) is 0 Å². The van der Waals surface area contributed by atoms with E-state index < -0.39 is 5.41 Å². The number of aryl methyl sites for hydroxylation is 1. The van der Waals surface area contributed by atoms with Crippen molar-refractivity contribution in [1.82, 2.24) is 9.80 Å². The normalized spacial score (nSPS) is 22.3. The molecular weight excluding hydrogens is 338 g/mol. The highest BCUT2D eigenvalue weighted by Gasteiger charge is 2.59. The van der Waals surface area contributed by atoms with Crippen molar-refractivity contribution >= 4 is 17.5 Å². The van der Waals surface area contributed by atoms with Crippen LogP contribution in [0.4, 0.5) is 5.69 Å². The fraction of sp³-hybridized carbons (Fsp3) is 0.636. The van der Waals surface area contributed by atoms with Crippen LogP contribution in [0.25, 0.3) is 0 Å². The summed E-state index contributed by atoms with van der Waals surface area (Å²) in [5, 5.41) is 0. The molecule has 1 aliphatic carbocycles. The van der Waals surface area contributed by atoms with Crippen molar-refractivity contribution in [2.24, 2.45) is 5.41 Å². The van der Waals surface area contributed by atoms with Crippen molar-refractivity contribution in [2.75, 3.05) is 44.2 Å². The molecule has 0 N–H and O–H groups in total. The Hall–Kier alpha value is -2.04. The molecule has 1 aromatic carbocycles. The van der Waals surface area contributed by atoms with Crippen molar-refractivity contribution in [3.8, 4) is 0 Å². The first-order valence-electron chi connectivity index (χ1n) is 10.5. The Morgan fingerprint density at radius 1 is 0.815 bits per heavy atom. The Balaban J connectivity index is 1.38. The van der Waals surface area contributed by atoms with Crippen molar-refractivity contribution in [2.45, 2.75) is 45.4 Å². The lowest BCUT2D eigenvalue weighted by molar-refractivity contribution is -0.149. The molecule has 0 unspecified atom stereocenters. The van der Waals surface area contributed by atoms with Gasteiger partial charge in [-0.15, -0.1) is 0 Å². The number of carbonyl (C=O) groups excluding carboxylic acids is 2.